The highest BCUT2D eigenvalue weighted by molar-refractivity contribution is 5.96. The molecule has 2 aliphatic rings. The van der Waals surface area contributed by atoms with Gasteiger partial charge in [0.1, 0.15) is 17.8 Å². The lowest BCUT2D eigenvalue weighted by Gasteiger charge is -2.35. The van der Waals surface area contributed by atoms with Gasteiger partial charge in [-0.05, 0) is 13.3 Å². The summed E-state index contributed by atoms with van der Waals surface area (Å²) in [4.78, 5) is 62.0. The van der Waals surface area contributed by atoms with Crippen LogP contribution in [-0.2, 0) is 19.1 Å². The minimum Gasteiger partial charge on any atom is -0.481 e. The van der Waals surface area contributed by atoms with Crippen molar-refractivity contribution >= 4 is 23.9 Å². The van der Waals surface area contributed by atoms with Crippen LogP contribution in [0.4, 0.5) is 4.79 Å². The number of piperazine rings is 1. The van der Waals surface area contributed by atoms with Crippen LogP contribution in [0.15, 0.2) is 36.4 Å². The Morgan fingerprint density at radius 2 is 1.82 bits per heavy atom. The lowest BCUT2D eigenvalue weighted by Crippen LogP contribution is -2.56. The van der Waals surface area contributed by atoms with E-state index in [2.05, 4.69) is 15.3 Å². The number of hydrogen-bond donors (Lipinski definition) is 2. The van der Waals surface area contributed by atoms with Crippen LogP contribution in [-0.4, -0.2) is 107 Å². The van der Waals surface area contributed by atoms with Gasteiger partial charge < -0.3 is 34.4 Å². The molecular weight excluding hydrogens is 522 g/mol. The van der Waals surface area contributed by atoms with E-state index in [0.717, 1.165) is 0 Å². The number of benzene rings is 1. The fourth-order valence-corrected chi connectivity index (χ4v) is 4.40. The molecule has 4 rings (SSSR count). The van der Waals surface area contributed by atoms with E-state index in [1.54, 1.807) is 19.1 Å². The van der Waals surface area contributed by atoms with Crippen LogP contribution in [0.2, 0.25) is 0 Å². The Bertz CT molecular complexity index is 1200. The second-order valence-electron chi connectivity index (χ2n) is 9.35. The monoisotopic (exact) mass is 555 g/mol. The largest absolute Gasteiger partial charge is 0.481 e. The van der Waals surface area contributed by atoms with Crippen molar-refractivity contribution in [2.75, 3.05) is 46.0 Å². The molecule has 13 nitrogen and oxygen atoms in total. The van der Waals surface area contributed by atoms with Crippen molar-refractivity contribution < 1.29 is 38.5 Å². The maximum absolute atomic E-state index is 13.4. The summed E-state index contributed by atoms with van der Waals surface area (Å²) < 4.78 is 16.3. The zero-order valence-corrected chi connectivity index (χ0v) is 22.3. The quantitative estimate of drug-likeness (QED) is 0.440. The number of carboxylic acid groups (broad SMARTS) is 1. The minimum absolute atomic E-state index is 0.0250. The van der Waals surface area contributed by atoms with Crippen LogP contribution >= 0.6 is 0 Å². The molecule has 214 valence electrons. The first kappa shape index (κ1) is 28.7. The molecule has 2 fully saturated rings. The smallest absolute Gasteiger partial charge is 0.409 e. The summed E-state index contributed by atoms with van der Waals surface area (Å²) in [5, 5.41) is 11.9. The van der Waals surface area contributed by atoms with Gasteiger partial charge in [0, 0.05) is 50.7 Å². The third-order valence-corrected chi connectivity index (χ3v) is 6.51. The van der Waals surface area contributed by atoms with E-state index in [9.17, 15) is 24.3 Å². The first-order valence-electron chi connectivity index (χ1n) is 13.3. The highest BCUT2D eigenvalue weighted by Crippen LogP contribution is 2.22. The van der Waals surface area contributed by atoms with Gasteiger partial charge in [0.2, 0.25) is 11.8 Å². The summed E-state index contributed by atoms with van der Waals surface area (Å²) in [6.45, 7) is 3.92. The van der Waals surface area contributed by atoms with Crippen LogP contribution in [0.5, 0.6) is 5.88 Å². The second kappa shape index (κ2) is 13.7. The molecule has 0 aliphatic carbocycles. The van der Waals surface area contributed by atoms with Crippen LogP contribution in [0, 0.1) is 0 Å². The van der Waals surface area contributed by atoms with E-state index in [4.69, 9.17) is 14.2 Å². The minimum atomic E-state index is -1.11. The number of hydrogen-bond acceptors (Lipinski definition) is 9. The molecule has 0 unspecified atom stereocenters. The van der Waals surface area contributed by atoms with Gasteiger partial charge in [-0.1, -0.05) is 30.3 Å². The van der Waals surface area contributed by atoms with E-state index in [-0.39, 0.29) is 69.1 Å². The number of carboxylic acids is 1. The average Bonchev–Trinajstić information content (AvgIpc) is 3.48. The predicted octanol–water partition coefficient (Wildman–Crippen LogP) is 1.58. The molecule has 2 saturated heterocycles. The van der Waals surface area contributed by atoms with Crippen molar-refractivity contribution in [1.82, 2.24) is 25.1 Å². The average molecular weight is 556 g/mol. The van der Waals surface area contributed by atoms with Gasteiger partial charge in [0.05, 0.1) is 19.8 Å². The number of rotatable bonds is 10. The summed E-state index contributed by atoms with van der Waals surface area (Å²) in [6.07, 6.45) is -0.425. The highest BCUT2D eigenvalue weighted by atomic mass is 16.6. The number of carbonyl (C=O) groups excluding carboxylic acids is 3. The number of ether oxygens (including phenoxy) is 3. The first-order valence-corrected chi connectivity index (χ1v) is 13.3. The normalized spacial score (nSPS) is 17.7. The Morgan fingerprint density at radius 3 is 2.48 bits per heavy atom. The molecule has 40 heavy (non-hydrogen) atoms. The molecule has 2 atom stereocenters. The topological polar surface area (TPSA) is 160 Å². The fourth-order valence-electron chi connectivity index (χ4n) is 4.40. The van der Waals surface area contributed by atoms with E-state index < -0.39 is 29.9 Å². The number of nitrogens with zero attached hydrogens (tertiary/aromatic N) is 4. The molecular formula is C27H33N5O8. The van der Waals surface area contributed by atoms with E-state index in [0.29, 0.717) is 25.2 Å². The van der Waals surface area contributed by atoms with Gasteiger partial charge in [0.25, 0.3) is 5.91 Å². The third kappa shape index (κ3) is 7.65. The zero-order valence-electron chi connectivity index (χ0n) is 22.3. The number of amides is 3. The molecule has 1 aromatic carbocycles. The van der Waals surface area contributed by atoms with Crippen molar-refractivity contribution in [3.05, 3.63) is 42.1 Å². The van der Waals surface area contributed by atoms with Crippen LogP contribution in [0.1, 0.15) is 36.7 Å². The Morgan fingerprint density at radius 1 is 1.10 bits per heavy atom. The molecule has 0 bridgehead atoms. The molecule has 3 heterocycles. The van der Waals surface area contributed by atoms with Crippen LogP contribution in [0.3, 0.4) is 0 Å². The van der Waals surface area contributed by atoms with Crippen molar-refractivity contribution in [3.63, 3.8) is 0 Å². The second-order valence-corrected chi connectivity index (χ2v) is 9.35. The van der Waals surface area contributed by atoms with Crippen molar-refractivity contribution in [3.8, 4) is 17.3 Å². The SMILES string of the molecule is CCOC(=O)N1CCN(C(=O)[C@H](CCC(=O)O)NC(=O)c2cc(O[C@H]3CCOC3)nc(-c3ccccc3)n2)CC1. The highest BCUT2D eigenvalue weighted by Gasteiger charge is 2.31. The standard InChI is InChI=1S/C27H33N5O8/c1-2-39-27(37)32-13-11-31(12-14-32)26(36)20(8-9-23(33)34)29-25(35)21-16-22(40-19-10-15-38-17-19)30-24(28-21)18-6-4-3-5-7-18/h3-7,16,19-20H,2,8-15,17H2,1H3,(H,29,35)(H,33,34)/t19-,20-/m0/s1. The number of aromatic nitrogens is 2. The molecule has 2 aromatic rings. The van der Waals surface area contributed by atoms with Gasteiger partial charge in [-0.25, -0.2) is 9.78 Å². The first-order chi connectivity index (χ1) is 19.3. The summed E-state index contributed by atoms with van der Waals surface area (Å²) >= 11 is 0. The van der Waals surface area contributed by atoms with Crippen LogP contribution < -0.4 is 10.1 Å². The molecule has 2 N–H and O–H groups in total. The molecule has 13 heteroatoms. The number of aliphatic carboxylic acids is 1. The summed E-state index contributed by atoms with van der Waals surface area (Å²) in [5.74, 6) is -1.73. The Balaban J connectivity index is 1.52. The summed E-state index contributed by atoms with van der Waals surface area (Å²) in [5.41, 5.74) is 0.644. The molecule has 0 saturated carbocycles. The summed E-state index contributed by atoms with van der Waals surface area (Å²) in [7, 11) is 0. The van der Waals surface area contributed by atoms with Crippen molar-refractivity contribution in [2.24, 2.45) is 0 Å². The zero-order chi connectivity index (χ0) is 28.5. The number of carbonyl (C=O) groups is 4. The molecule has 0 radical (unpaired) electrons. The lowest BCUT2D eigenvalue weighted by molar-refractivity contribution is -0.138. The molecule has 0 spiro atoms. The summed E-state index contributed by atoms with van der Waals surface area (Å²) in [6, 6.07) is 9.37. The van der Waals surface area contributed by atoms with Gasteiger partial charge in [-0.15, -0.1) is 0 Å². The predicted molar refractivity (Wildman–Crippen MR) is 141 cm³/mol. The van der Waals surface area contributed by atoms with Crippen molar-refractivity contribution in [1.29, 1.82) is 0 Å². The third-order valence-electron chi connectivity index (χ3n) is 6.51. The number of nitrogens with one attached hydrogen (secondary N) is 1. The van der Waals surface area contributed by atoms with Crippen LogP contribution in [0.25, 0.3) is 11.4 Å². The molecule has 2 aliphatic heterocycles. The van der Waals surface area contributed by atoms with E-state index in [1.165, 1.54) is 15.9 Å². The maximum Gasteiger partial charge on any atom is 0.409 e. The Hall–Kier alpha value is -4.26. The maximum atomic E-state index is 13.4. The van der Waals surface area contributed by atoms with Gasteiger partial charge in [0.15, 0.2) is 5.82 Å². The molecule has 1 aromatic heterocycles. The van der Waals surface area contributed by atoms with Gasteiger partial charge >= 0.3 is 12.1 Å². The van der Waals surface area contributed by atoms with E-state index in [1.807, 2.05) is 18.2 Å². The van der Waals surface area contributed by atoms with E-state index >= 15 is 0 Å². The van der Waals surface area contributed by atoms with Gasteiger partial charge in [-0.3, -0.25) is 14.4 Å². The Kier molecular flexibility index (Phi) is 9.84. The van der Waals surface area contributed by atoms with Crippen molar-refractivity contribution in [2.45, 2.75) is 38.3 Å². The Labute approximate surface area is 231 Å². The molecule has 3 amide bonds. The lowest BCUT2D eigenvalue weighted by atomic mass is 10.1. The van der Waals surface area contributed by atoms with Gasteiger partial charge in [-0.2, -0.15) is 4.98 Å². The fraction of sp³-hybridized carbons (Fsp3) is 0.481.